The number of aliphatic imine (C=N–C) groups is 1. The number of nitrogens with one attached hydrogen (secondary N) is 2. The first-order valence-electron chi connectivity index (χ1n) is 10.4. The minimum absolute atomic E-state index is 0.261. The molecule has 160 valence electrons. The van der Waals surface area contributed by atoms with Crippen LogP contribution in [0.4, 0.5) is 0 Å². The highest BCUT2D eigenvalue weighted by Gasteiger charge is 2.11. The summed E-state index contributed by atoms with van der Waals surface area (Å²) in [5.41, 5.74) is 4.27. The molecule has 3 rings (SSSR count). The molecule has 0 unspecified atom stereocenters. The number of hydrogen-bond acceptors (Lipinski definition) is 5. The first-order valence-corrected chi connectivity index (χ1v) is 10.4. The van der Waals surface area contributed by atoms with Crippen LogP contribution in [0.25, 0.3) is 5.69 Å². The smallest absolute Gasteiger partial charge is 0.228 e. The van der Waals surface area contributed by atoms with Crippen LogP contribution in [0.3, 0.4) is 0 Å². The third-order valence-electron chi connectivity index (χ3n) is 4.61. The fraction of sp³-hybridized carbons (Fsp3) is 0.455. The lowest BCUT2D eigenvalue weighted by molar-refractivity contribution is 0.371. The van der Waals surface area contributed by atoms with Crippen LogP contribution in [0.15, 0.2) is 39.8 Å². The van der Waals surface area contributed by atoms with Crippen LogP contribution in [-0.2, 0) is 13.0 Å². The van der Waals surface area contributed by atoms with Gasteiger partial charge in [-0.15, -0.1) is 0 Å². The van der Waals surface area contributed by atoms with Crippen molar-refractivity contribution in [2.24, 2.45) is 4.99 Å². The summed E-state index contributed by atoms with van der Waals surface area (Å²) in [6.45, 7) is 12.2. The summed E-state index contributed by atoms with van der Waals surface area (Å²) in [5, 5.41) is 15.2. The Bertz CT molecular complexity index is 987. The van der Waals surface area contributed by atoms with Crippen molar-refractivity contribution < 1.29 is 4.52 Å². The van der Waals surface area contributed by atoms with Crippen molar-refractivity contribution in [2.45, 2.75) is 53.5 Å². The summed E-state index contributed by atoms with van der Waals surface area (Å²) in [4.78, 5) is 9.17. The van der Waals surface area contributed by atoms with E-state index < -0.39 is 0 Å². The van der Waals surface area contributed by atoms with Gasteiger partial charge in [0.25, 0.3) is 0 Å². The molecule has 0 aliphatic carbocycles. The fourth-order valence-corrected chi connectivity index (χ4v) is 3.12. The van der Waals surface area contributed by atoms with E-state index in [0.717, 1.165) is 41.0 Å². The van der Waals surface area contributed by atoms with Crippen LogP contribution in [0.5, 0.6) is 0 Å². The Morgan fingerprint density at radius 1 is 1.20 bits per heavy atom. The molecule has 0 radical (unpaired) electrons. The van der Waals surface area contributed by atoms with Crippen molar-refractivity contribution in [3.05, 3.63) is 59.0 Å². The minimum atomic E-state index is 0.261. The van der Waals surface area contributed by atoms with E-state index in [1.165, 1.54) is 0 Å². The second-order valence-electron chi connectivity index (χ2n) is 7.54. The van der Waals surface area contributed by atoms with E-state index in [1.54, 1.807) is 0 Å². The average molecular weight is 410 g/mol. The largest absolute Gasteiger partial charge is 0.357 e. The van der Waals surface area contributed by atoms with E-state index in [0.29, 0.717) is 25.4 Å². The number of aryl methyl sites for hydroxylation is 2. The summed E-state index contributed by atoms with van der Waals surface area (Å²) in [6.07, 6.45) is 0.645. The van der Waals surface area contributed by atoms with E-state index >= 15 is 0 Å². The van der Waals surface area contributed by atoms with E-state index in [1.807, 2.05) is 44.5 Å². The molecule has 3 aromatic rings. The Hall–Kier alpha value is -3.16. The first kappa shape index (κ1) is 21.5. The van der Waals surface area contributed by atoms with E-state index in [9.17, 15) is 0 Å². The molecule has 8 nitrogen and oxygen atoms in total. The quantitative estimate of drug-likeness (QED) is 0.438. The molecule has 30 heavy (non-hydrogen) atoms. The molecular weight excluding hydrogens is 378 g/mol. The topological polar surface area (TPSA) is 93.2 Å². The number of para-hydroxylation sites is 1. The van der Waals surface area contributed by atoms with Gasteiger partial charge in [0.2, 0.25) is 5.89 Å². The van der Waals surface area contributed by atoms with Gasteiger partial charge in [0, 0.05) is 31.1 Å². The van der Waals surface area contributed by atoms with Crippen molar-refractivity contribution >= 4 is 5.96 Å². The molecule has 2 aromatic heterocycles. The third kappa shape index (κ3) is 5.46. The van der Waals surface area contributed by atoms with Gasteiger partial charge in [-0.3, -0.25) is 0 Å². The van der Waals surface area contributed by atoms with Gasteiger partial charge in [-0.1, -0.05) is 37.2 Å². The van der Waals surface area contributed by atoms with Crippen molar-refractivity contribution in [3.63, 3.8) is 0 Å². The zero-order valence-electron chi connectivity index (χ0n) is 18.4. The van der Waals surface area contributed by atoms with Crippen LogP contribution in [0.1, 0.15) is 55.4 Å². The zero-order valence-corrected chi connectivity index (χ0v) is 18.4. The Labute approximate surface area is 177 Å². The van der Waals surface area contributed by atoms with Gasteiger partial charge in [-0.2, -0.15) is 10.1 Å². The second-order valence-corrected chi connectivity index (χ2v) is 7.54. The zero-order chi connectivity index (χ0) is 21.5. The summed E-state index contributed by atoms with van der Waals surface area (Å²) < 4.78 is 7.28. The van der Waals surface area contributed by atoms with E-state index in [-0.39, 0.29) is 5.92 Å². The predicted molar refractivity (Wildman–Crippen MR) is 118 cm³/mol. The summed E-state index contributed by atoms with van der Waals surface area (Å²) in [5.74, 6) is 2.39. The Kier molecular flexibility index (Phi) is 7.21. The minimum Gasteiger partial charge on any atom is -0.357 e. The number of guanidine groups is 1. The average Bonchev–Trinajstić information content (AvgIpc) is 3.32. The van der Waals surface area contributed by atoms with Gasteiger partial charge < -0.3 is 15.2 Å². The van der Waals surface area contributed by atoms with Crippen LogP contribution < -0.4 is 10.6 Å². The molecule has 2 heterocycles. The molecule has 0 atom stereocenters. The van der Waals surface area contributed by atoms with Gasteiger partial charge in [-0.25, -0.2) is 9.67 Å². The van der Waals surface area contributed by atoms with E-state index in [2.05, 4.69) is 51.0 Å². The molecule has 2 N–H and O–H groups in total. The highest BCUT2D eigenvalue weighted by atomic mass is 16.5. The van der Waals surface area contributed by atoms with Crippen molar-refractivity contribution in [1.82, 2.24) is 30.6 Å². The lowest BCUT2D eigenvalue weighted by Crippen LogP contribution is -2.38. The monoisotopic (exact) mass is 409 g/mol. The number of rotatable bonds is 8. The number of benzene rings is 1. The second kappa shape index (κ2) is 10.0. The number of hydrogen-bond donors (Lipinski definition) is 2. The highest BCUT2D eigenvalue weighted by Crippen LogP contribution is 2.17. The molecule has 0 bridgehead atoms. The number of nitrogens with zero attached hydrogens (tertiary/aromatic N) is 5. The van der Waals surface area contributed by atoms with Gasteiger partial charge in [0.1, 0.15) is 0 Å². The molecule has 1 aromatic carbocycles. The van der Waals surface area contributed by atoms with Crippen LogP contribution in [0.2, 0.25) is 0 Å². The van der Waals surface area contributed by atoms with Crippen molar-refractivity contribution in [2.75, 3.05) is 13.1 Å². The Balaban J connectivity index is 1.67. The van der Waals surface area contributed by atoms with Crippen LogP contribution in [-0.4, -0.2) is 39.0 Å². The molecule has 0 spiro atoms. The molecule has 8 heteroatoms. The molecule has 0 fully saturated rings. The van der Waals surface area contributed by atoms with Crippen LogP contribution in [0, 0.1) is 13.8 Å². The lowest BCUT2D eigenvalue weighted by Gasteiger charge is -2.12. The SMILES string of the molecule is CCNC(=NCc1ccccc1-n1nc(C)cc1C)NCCc1nc(C(C)C)no1. The normalized spacial score (nSPS) is 11.9. The molecule has 0 aliphatic rings. The molecule has 0 amide bonds. The van der Waals surface area contributed by atoms with Crippen LogP contribution >= 0.6 is 0 Å². The molecule has 0 aliphatic heterocycles. The maximum Gasteiger partial charge on any atom is 0.228 e. The molecular formula is C22H31N7O. The predicted octanol–water partition coefficient (Wildman–Crippen LogP) is 3.29. The summed E-state index contributed by atoms with van der Waals surface area (Å²) in [7, 11) is 0. The number of aromatic nitrogens is 4. The van der Waals surface area contributed by atoms with Gasteiger partial charge in [0.15, 0.2) is 11.8 Å². The first-order chi connectivity index (χ1) is 14.5. The molecule has 0 saturated carbocycles. The standard InChI is InChI=1S/C22H31N7O/c1-6-23-22(24-12-11-20-26-21(15(2)3)28-30-20)25-14-18-9-7-8-10-19(18)29-17(5)13-16(4)27-29/h7-10,13,15H,6,11-12,14H2,1-5H3,(H2,23,24,25). The maximum atomic E-state index is 5.30. The van der Waals surface area contributed by atoms with Crippen molar-refractivity contribution in [1.29, 1.82) is 0 Å². The fourth-order valence-electron chi connectivity index (χ4n) is 3.12. The highest BCUT2D eigenvalue weighted by molar-refractivity contribution is 5.79. The van der Waals surface area contributed by atoms with Gasteiger partial charge in [-0.05, 0) is 38.5 Å². The van der Waals surface area contributed by atoms with Crippen molar-refractivity contribution in [3.8, 4) is 5.69 Å². The summed E-state index contributed by atoms with van der Waals surface area (Å²) >= 11 is 0. The Morgan fingerprint density at radius 3 is 2.67 bits per heavy atom. The van der Waals surface area contributed by atoms with E-state index in [4.69, 9.17) is 9.52 Å². The van der Waals surface area contributed by atoms with Gasteiger partial charge >= 0.3 is 0 Å². The molecule has 0 saturated heterocycles. The third-order valence-corrected chi connectivity index (χ3v) is 4.61. The summed E-state index contributed by atoms with van der Waals surface area (Å²) in [6, 6.07) is 10.3. The Morgan fingerprint density at radius 2 is 2.00 bits per heavy atom. The maximum absolute atomic E-state index is 5.30. The lowest BCUT2D eigenvalue weighted by atomic mass is 10.2. The van der Waals surface area contributed by atoms with Gasteiger partial charge in [0.05, 0.1) is 17.9 Å².